The zero-order valence-corrected chi connectivity index (χ0v) is 22.2. The van der Waals surface area contributed by atoms with Crippen LogP contribution in [-0.4, -0.2) is 59.6 Å². The van der Waals surface area contributed by atoms with Crippen LogP contribution in [0.4, 0.5) is 10.8 Å². The van der Waals surface area contributed by atoms with E-state index in [1.165, 1.54) is 22.5 Å². The molecule has 2 aromatic carbocycles. The summed E-state index contributed by atoms with van der Waals surface area (Å²) >= 11 is 7.31. The number of carbonyl (C=O) groups is 2. The molecule has 2 amide bonds. The van der Waals surface area contributed by atoms with Gasteiger partial charge in [0.1, 0.15) is 5.01 Å². The number of rotatable bonds is 8. The van der Waals surface area contributed by atoms with Gasteiger partial charge in [-0.25, -0.2) is 0 Å². The smallest absolute Gasteiger partial charge is 0.231 e. The van der Waals surface area contributed by atoms with Gasteiger partial charge in [-0.05, 0) is 61.3 Å². The lowest BCUT2D eigenvalue weighted by atomic mass is 10.1. The molecule has 1 atom stereocenters. The summed E-state index contributed by atoms with van der Waals surface area (Å²) in [7, 11) is 0. The van der Waals surface area contributed by atoms with Gasteiger partial charge in [0.15, 0.2) is 0 Å². The van der Waals surface area contributed by atoms with Gasteiger partial charge < -0.3 is 15.5 Å². The average Bonchev–Trinajstić information content (AvgIpc) is 3.43. The van der Waals surface area contributed by atoms with Crippen molar-refractivity contribution >= 4 is 45.6 Å². The van der Waals surface area contributed by atoms with Crippen molar-refractivity contribution in [3.05, 3.63) is 69.7 Å². The van der Waals surface area contributed by atoms with Crippen LogP contribution in [0.25, 0.3) is 0 Å². The van der Waals surface area contributed by atoms with Crippen LogP contribution in [0.15, 0.2) is 48.5 Å². The number of benzene rings is 2. The Morgan fingerprint density at radius 3 is 2.62 bits per heavy atom. The SMILES string of the molecule is O=C(Nc1nnc(CCc2ccc(Cl)cc2)s1)C1CC(=O)N(c2ccc(CN3CCCNCC3)cc2)C1. The molecule has 37 heavy (non-hydrogen) atoms. The second-order valence-electron chi connectivity index (χ2n) is 9.57. The number of hydrogen-bond acceptors (Lipinski definition) is 7. The van der Waals surface area contributed by atoms with E-state index in [4.69, 9.17) is 11.6 Å². The fraction of sp³-hybridized carbons (Fsp3) is 0.407. The lowest BCUT2D eigenvalue weighted by molar-refractivity contribution is -0.122. The highest BCUT2D eigenvalue weighted by Gasteiger charge is 2.35. The van der Waals surface area contributed by atoms with Crippen molar-refractivity contribution in [2.24, 2.45) is 5.92 Å². The average molecular weight is 539 g/mol. The van der Waals surface area contributed by atoms with Crippen LogP contribution in [-0.2, 0) is 29.0 Å². The van der Waals surface area contributed by atoms with Crippen molar-refractivity contribution in [3.63, 3.8) is 0 Å². The Bertz CT molecular complexity index is 1210. The predicted molar refractivity (Wildman–Crippen MR) is 147 cm³/mol. The molecule has 194 valence electrons. The molecule has 2 aliphatic rings. The van der Waals surface area contributed by atoms with E-state index in [1.807, 2.05) is 36.4 Å². The van der Waals surface area contributed by atoms with E-state index in [9.17, 15) is 9.59 Å². The Kier molecular flexibility index (Phi) is 8.45. The van der Waals surface area contributed by atoms with Crippen LogP contribution < -0.4 is 15.5 Å². The third-order valence-corrected chi connectivity index (χ3v) is 7.97. The molecule has 1 aromatic heterocycles. The number of nitrogens with zero attached hydrogens (tertiary/aromatic N) is 4. The Labute approximate surface area is 226 Å². The quantitative estimate of drug-likeness (QED) is 0.454. The Morgan fingerprint density at radius 2 is 1.81 bits per heavy atom. The minimum Gasteiger partial charge on any atom is -0.315 e. The van der Waals surface area contributed by atoms with Crippen LogP contribution in [0.3, 0.4) is 0 Å². The van der Waals surface area contributed by atoms with Crippen molar-refractivity contribution in [1.29, 1.82) is 0 Å². The first-order valence-corrected chi connectivity index (χ1v) is 13.9. The second-order valence-corrected chi connectivity index (χ2v) is 11.1. The summed E-state index contributed by atoms with van der Waals surface area (Å²) in [6.07, 6.45) is 2.90. The molecule has 0 bridgehead atoms. The van der Waals surface area contributed by atoms with Gasteiger partial charge in [0.25, 0.3) is 0 Å². The molecule has 5 rings (SSSR count). The second kappa shape index (κ2) is 12.1. The monoisotopic (exact) mass is 538 g/mol. The fourth-order valence-corrected chi connectivity index (χ4v) is 5.62. The number of carbonyl (C=O) groups excluding carboxylic acids is 2. The van der Waals surface area contributed by atoms with Crippen molar-refractivity contribution < 1.29 is 9.59 Å². The molecular weight excluding hydrogens is 508 g/mol. The van der Waals surface area contributed by atoms with E-state index < -0.39 is 5.92 Å². The number of aryl methyl sites for hydroxylation is 2. The molecule has 1 unspecified atom stereocenters. The Morgan fingerprint density at radius 1 is 1.03 bits per heavy atom. The van der Waals surface area contributed by atoms with Crippen LogP contribution in [0.1, 0.15) is 29.0 Å². The third kappa shape index (κ3) is 6.93. The van der Waals surface area contributed by atoms with E-state index in [2.05, 4.69) is 37.9 Å². The van der Waals surface area contributed by atoms with Gasteiger partial charge in [0.2, 0.25) is 16.9 Å². The molecule has 0 radical (unpaired) electrons. The highest BCUT2D eigenvalue weighted by atomic mass is 35.5. The Hall–Kier alpha value is -2.85. The van der Waals surface area contributed by atoms with Gasteiger partial charge in [-0.2, -0.15) is 0 Å². The molecule has 0 spiro atoms. The first-order valence-electron chi connectivity index (χ1n) is 12.7. The molecule has 2 saturated heterocycles. The lowest BCUT2D eigenvalue weighted by Crippen LogP contribution is -2.28. The molecule has 3 heterocycles. The normalized spacial score (nSPS) is 18.7. The molecule has 3 aromatic rings. The van der Waals surface area contributed by atoms with Gasteiger partial charge in [-0.3, -0.25) is 14.5 Å². The molecule has 8 nitrogen and oxygen atoms in total. The molecule has 2 N–H and O–H groups in total. The minimum absolute atomic E-state index is 0.0348. The van der Waals surface area contributed by atoms with Crippen LogP contribution in [0.2, 0.25) is 5.02 Å². The summed E-state index contributed by atoms with van der Waals surface area (Å²) in [6, 6.07) is 15.9. The highest BCUT2D eigenvalue weighted by molar-refractivity contribution is 7.15. The summed E-state index contributed by atoms with van der Waals surface area (Å²) in [6.45, 7) is 5.50. The molecule has 10 heteroatoms. The van der Waals surface area contributed by atoms with E-state index in [-0.39, 0.29) is 18.2 Å². The number of aromatic nitrogens is 2. The van der Waals surface area contributed by atoms with E-state index in [0.717, 1.165) is 62.7 Å². The number of amides is 2. The molecule has 2 aliphatic heterocycles. The molecule has 2 fully saturated rings. The van der Waals surface area contributed by atoms with Crippen LogP contribution in [0, 0.1) is 5.92 Å². The van der Waals surface area contributed by atoms with Crippen LogP contribution >= 0.6 is 22.9 Å². The number of halogens is 1. The maximum Gasteiger partial charge on any atom is 0.231 e. The van der Waals surface area contributed by atoms with Gasteiger partial charge >= 0.3 is 0 Å². The zero-order valence-electron chi connectivity index (χ0n) is 20.7. The summed E-state index contributed by atoms with van der Waals surface area (Å²) in [5.41, 5.74) is 3.23. The summed E-state index contributed by atoms with van der Waals surface area (Å²) < 4.78 is 0. The van der Waals surface area contributed by atoms with E-state index >= 15 is 0 Å². The first-order chi connectivity index (χ1) is 18.0. The van der Waals surface area contributed by atoms with Gasteiger partial charge in [0.05, 0.1) is 5.92 Å². The molecular formula is C27H31ClN6O2S. The zero-order chi connectivity index (χ0) is 25.6. The van der Waals surface area contributed by atoms with Crippen molar-refractivity contribution in [2.75, 3.05) is 42.9 Å². The number of nitrogens with one attached hydrogen (secondary N) is 2. The lowest BCUT2D eigenvalue weighted by Gasteiger charge is -2.21. The minimum atomic E-state index is -0.418. The van der Waals surface area contributed by atoms with E-state index in [1.54, 1.807) is 4.90 Å². The maximum atomic E-state index is 12.9. The van der Waals surface area contributed by atoms with Gasteiger partial charge in [-0.15, -0.1) is 10.2 Å². The van der Waals surface area contributed by atoms with Crippen molar-refractivity contribution in [1.82, 2.24) is 20.4 Å². The van der Waals surface area contributed by atoms with Crippen molar-refractivity contribution in [2.45, 2.75) is 32.2 Å². The van der Waals surface area contributed by atoms with E-state index in [0.29, 0.717) is 16.7 Å². The Balaban J connectivity index is 1.12. The number of hydrogen-bond donors (Lipinski definition) is 2. The van der Waals surface area contributed by atoms with Gasteiger partial charge in [0, 0.05) is 49.7 Å². The summed E-state index contributed by atoms with van der Waals surface area (Å²) in [4.78, 5) is 29.8. The molecule has 0 saturated carbocycles. The largest absolute Gasteiger partial charge is 0.315 e. The first kappa shape index (κ1) is 25.8. The standard InChI is InChI=1S/C27H31ClN6O2S/c28-22-7-2-19(3-8-22)6-11-24-31-32-27(37-24)30-26(36)21-16-25(35)34(18-21)23-9-4-20(5-10-23)17-33-14-1-12-29-13-15-33/h2-5,7-10,21,29H,1,6,11-18H2,(H,30,32,36). The molecule has 0 aliphatic carbocycles. The summed E-state index contributed by atoms with van der Waals surface area (Å²) in [5, 5.41) is 16.7. The fourth-order valence-electron chi connectivity index (χ4n) is 4.75. The number of anilines is 2. The third-order valence-electron chi connectivity index (χ3n) is 6.82. The van der Waals surface area contributed by atoms with Crippen LogP contribution in [0.5, 0.6) is 0 Å². The topological polar surface area (TPSA) is 90.5 Å². The van der Waals surface area contributed by atoms with Crippen molar-refractivity contribution in [3.8, 4) is 0 Å². The van der Waals surface area contributed by atoms with Gasteiger partial charge in [-0.1, -0.05) is 47.2 Å². The predicted octanol–water partition coefficient (Wildman–Crippen LogP) is 3.76. The summed E-state index contributed by atoms with van der Waals surface area (Å²) in [5.74, 6) is -0.645. The highest BCUT2D eigenvalue weighted by Crippen LogP contribution is 2.27. The maximum absolute atomic E-state index is 12.9.